The predicted molar refractivity (Wildman–Crippen MR) is 110 cm³/mol. The topological polar surface area (TPSA) is 86.1 Å². The Labute approximate surface area is 174 Å². The molecule has 0 saturated carbocycles. The van der Waals surface area contributed by atoms with Gasteiger partial charge in [0.1, 0.15) is 11.6 Å². The lowest BCUT2D eigenvalue weighted by atomic mass is 10.1. The normalized spacial score (nSPS) is 16.8. The number of hydrogen-bond acceptors (Lipinski definition) is 5. The Morgan fingerprint density at radius 3 is 2.90 bits per heavy atom. The van der Waals surface area contributed by atoms with Crippen molar-refractivity contribution in [3.05, 3.63) is 74.5 Å². The zero-order valence-corrected chi connectivity index (χ0v) is 17.0. The van der Waals surface area contributed by atoms with Crippen molar-refractivity contribution >= 4 is 21.8 Å². The van der Waals surface area contributed by atoms with Gasteiger partial charge in [-0.05, 0) is 36.2 Å². The molecule has 0 aliphatic carbocycles. The van der Waals surface area contributed by atoms with Gasteiger partial charge in [0, 0.05) is 41.5 Å². The SMILES string of the molecule is O=C(NC1CCn2c1nc(-c1ccncc1)cc2=O)c1cc(Br)cc2c1OCC2. The van der Waals surface area contributed by atoms with Crippen LogP contribution in [0, 0.1) is 0 Å². The van der Waals surface area contributed by atoms with E-state index < -0.39 is 0 Å². The number of carbonyl (C=O) groups is 1. The highest BCUT2D eigenvalue weighted by atomic mass is 79.9. The van der Waals surface area contributed by atoms with Crippen molar-refractivity contribution in [2.75, 3.05) is 6.61 Å². The van der Waals surface area contributed by atoms with E-state index in [0.717, 1.165) is 22.0 Å². The number of nitrogens with zero attached hydrogens (tertiary/aromatic N) is 3. The van der Waals surface area contributed by atoms with Gasteiger partial charge in [-0.3, -0.25) is 19.1 Å². The Kier molecular flexibility index (Phi) is 4.43. The molecule has 3 aromatic rings. The summed E-state index contributed by atoms with van der Waals surface area (Å²) >= 11 is 3.47. The van der Waals surface area contributed by atoms with Gasteiger partial charge >= 0.3 is 0 Å². The highest BCUT2D eigenvalue weighted by Crippen LogP contribution is 2.34. The zero-order chi connectivity index (χ0) is 20.0. The van der Waals surface area contributed by atoms with Crippen LogP contribution < -0.4 is 15.6 Å². The molecule has 4 heterocycles. The summed E-state index contributed by atoms with van der Waals surface area (Å²) in [6.07, 6.45) is 4.72. The van der Waals surface area contributed by atoms with Crippen LogP contribution in [-0.2, 0) is 13.0 Å². The lowest BCUT2D eigenvalue weighted by Gasteiger charge is -2.15. The quantitative estimate of drug-likeness (QED) is 0.659. The van der Waals surface area contributed by atoms with Gasteiger partial charge in [0.2, 0.25) is 0 Å². The van der Waals surface area contributed by atoms with Gasteiger partial charge in [-0.15, -0.1) is 0 Å². The van der Waals surface area contributed by atoms with Crippen LogP contribution in [0.2, 0.25) is 0 Å². The molecule has 29 heavy (non-hydrogen) atoms. The van der Waals surface area contributed by atoms with E-state index in [1.165, 1.54) is 6.07 Å². The van der Waals surface area contributed by atoms with E-state index in [9.17, 15) is 9.59 Å². The smallest absolute Gasteiger partial charge is 0.255 e. The molecular formula is C21H17BrN4O3. The van der Waals surface area contributed by atoms with E-state index in [-0.39, 0.29) is 17.5 Å². The molecule has 8 heteroatoms. The summed E-state index contributed by atoms with van der Waals surface area (Å²) < 4.78 is 8.14. The van der Waals surface area contributed by atoms with Gasteiger partial charge < -0.3 is 10.1 Å². The number of carbonyl (C=O) groups excluding carboxylic acids is 1. The second-order valence-corrected chi connectivity index (χ2v) is 8.00. The third kappa shape index (κ3) is 3.23. The van der Waals surface area contributed by atoms with Gasteiger partial charge in [-0.1, -0.05) is 15.9 Å². The fraction of sp³-hybridized carbons (Fsp3) is 0.238. The first-order valence-electron chi connectivity index (χ1n) is 9.38. The average Bonchev–Trinajstić information content (AvgIpc) is 3.35. The van der Waals surface area contributed by atoms with Crippen LogP contribution in [-0.4, -0.2) is 27.0 Å². The van der Waals surface area contributed by atoms with Crippen molar-refractivity contribution in [2.45, 2.75) is 25.4 Å². The van der Waals surface area contributed by atoms with Crippen molar-refractivity contribution in [3.63, 3.8) is 0 Å². The number of fused-ring (bicyclic) bond motifs is 2. The van der Waals surface area contributed by atoms with Crippen molar-refractivity contribution in [1.29, 1.82) is 0 Å². The number of amides is 1. The Morgan fingerprint density at radius 2 is 2.07 bits per heavy atom. The van der Waals surface area contributed by atoms with Crippen molar-refractivity contribution < 1.29 is 9.53 Å². The van der Waals surface area contributed by atoms with Crippen molar-refractivity contribution in [1.82, 2.24) is 19.9 Å². The predicted octanol–water partition coefficient (Wildman–Crippen LogP) is 2.88. The summed E-state index contributed by atoms with van der Waals surface area (Å²) in [5, 5.41) is 3.04. The van der Waals surface area contributed by atoms with E-state index >= 15 is 0 Å². The molecule has 0 spiro atoms. The molecule has 1 atom stereocenters. The van der Waals surface area contributed by atoms with E-state index in [0.29, 0.717) is 42.4 Å². The number of pyridine rings is 1. The van der Waals surface area contributed by atoms with E-state index in [1.807, 2.05) is 18.2 Å². The maximum absolute atomic E-state index is 13.0. The van der Waals surface area contributed by atoms with Crippen LogP contribution in [0.3, 0.4) is 0 Å². The van der Waals surface area contributed by atoms with Crippen molar-refractivity contribution in [3.8, 4) is 17.0 Å². The molecule has 1 amide bonds. The first-order valence-corrected chi connectivity index (χ1v) is 10.2. The Morgan fingerprint density at radius 1 is 1.24 bits per heavy atom. The van der Waals surface area contributed by atoms with Crippen LogP contribution in [0.4, 0.5) is 0 Å². The van der Waals surface area contributed by atoms with Crippen LogP contribution in [0.15, 0.2) is 52.0 Å². The monoisotopic (exact) mass is 452 g/mol. The first kappa shape index (κ1) is 18.1. The molecule has 2 aliphatic rings. The number of aromatic nitrogens is 3. The molecule has 2 aromatic heterocycles. The molecule has 0 radical (unpaired) electrons. The third-order valence-electron chi connectivity index (χ3n) is 5.27. The second-order valence-electron chi connectivity index (χ2n) is 7.08. The number of rotatable bonds is 3. The maximum atomic E-state index is 13.0. The van der Waals surface area contributed by atoms with Crippen molar-refractivity contribution in [2.24, 2.45) is 0 Å². The minimum Gasteiger partial charge on any atom is -0.492 e. The summed E-state index contributed by atoms with van der Waals surface area (Å²) in [6.45, 7) is 1.10. The average molecular weight is 453 g/mol. The number of benzene rings is 1. The molecule has 2 aliphatic heterocycles. The van der Waals surface area contributed by atoms with Gasteiger partial charge in [0.05, 0.1) is 23.9 Å². The lowest BCUT2D eigenvalue weighted by molar-refractivity contribution is 0.0932. The van der Waals surface area contributed by atoms with Gasteiger partial charge in [0.15, 0.2) is 0 Å². The highest BCUT2D eigenvalue weighted by molar-refractivity contribution is 9.10. The summed E-state index contributed by atoms with van der Waals surface area (Å²) in [5.41, 5.74) is 2.79. The highest BCUT2D eigenvalue weighted by Gasteiger charge is 2.29. The fourth-order valence-electron chi connectivity index (χ4n) is 3.88. The van der Waals surface area contributed by atoms with E-state index in [2.05, 4.69) is 31.2 Å². The molecule has 5 rings (SSSR count). The largest absolute Gasteiger partial charge is 0.492 e. The third-order valence-corrected chi connectivity index (χ3v) is 5.72. The van der Waals surface area contributed by atoms with Crippen LogP contribution in [0.1, 0.15) is 34.2 Å². The standard InChI is InChI=1S/C21H17BrN4O3/c22-14-9-13-4-8-29-19(13)15(10-14)21(28)25-16-3-7-26-18(27)11-17(24-20(16)26)12-1-5-23-6-2-12/h1-2,5-6,9-11,16H,3-4,7-8H2,(H,25,28). The number of hydrogen-bond donors (Lipinski definition) is 1. The lowest BCUT2D eigenvalue weighted by Crippen LogP contribution is -2.29. The molecule has 146 valence electrons. The van der Waals surface area contributed by atoms with Gasteiger partial charge in [-0.2, -0.15) is 0 Å². The van der Waals surface area contributed by atoms with Gasteiger partial charge in [0.25, 0.3) is 11.5 Å². The van der Waals surface area contributed by atoms with E-state index in [4.69, 9.17) is 4.74 Å². The minimum absolute atomic E-state index is 0.120. The second kappa shape index (κ2) is 7.11. The maximum Gasteiger partial charge on any atom is 0.255 e. The van der Waals surface area contributed by atoms with E-state index in [1.54, 1.807) is 23.0 Å². The molecule has 7 nitrogen and oxygen atoms in total. The Balaban J connectivity index is 1.48. The first-order chi connectivity index (χ1) is 14.1. The summed E-state index contributed by atoms with van der Waals surface area (Å²) in [6, 6.07) is 8.55. The molecule has 0 saturated heterocycles. The molecular weight excluding hydrogens is 436 g/mol. The molecule has 1 N–H and O–H groups in total. The van der Waals surface area contributed by atoms with Crippen LogP contribution >= 0.6 is 15.9 Å². The molecule has 1 aromatic carbocycles. The Hall–Kier alpha value is -3.00. The zero-order valence-electron chi connectivity index (χ0n) is 15.4. The fourth-order valence-corrected chi connectivity index (χ4v) is 4.39. The Bertz CT molecular complexity index is 1180. The minimum atomic E-state index is -0.340. The van der Waals surface area contributed by atoms with Crippen LogP contribution in [0.25, 0.3) is 11.3 Å². The summed E-state index contributed by atoms with van der Waals surface area (Å²) in [4.78, 5) is 34.3. The molecule has 0 bridgehead atoms. The molecule has 0 fully saturated rings. The van der Waals surface area contributed by atoms with Gasteiger partial charge in [-0.25, -0.2) is 4.98 Å². The number of ether oxygens (including phenoxy) is 1. The molecule has 1 unspecified atom stereocenters. The summed E-state index contributed by atoms with van der Waals surface area (Å²) in [5.74, 6) is 0.983. The summed E-state index contributed by atoms with van der Waals surface area (Å²) in [7, 11) is 0. The number of nitrogens with one attached hydrogen (secondary N) is 1. The number of halogens is 1. The van der Waals surface area contributed by atoms with Crippen LogP contribution in [0.5, 0.6) is 5.75 Å².